The Labute approximate surface area is 80.2 Å². The van der Waals surface area contributed by atoms with Crippen LogP contribution in [0, 0.1) is 13.8 Å². The summed E-state index contributed by atoms with van der Waals surface area (Å²) in [6.45, 7) is 9.93. The summed E-state index contributed by atoms with van der Waals surface area (Å²) in [5.41, 5.74) is 6.00. The van der Waals surface area contributed by atoms with Gasteiger partial charge in [0, 0.05) is 12.1 Å². The number of hydrogen-bond donors (Lipinski definition) is 1. The highest BCUT2D eigenvalue weighted by atomic mass is 15.0. The fourth-order valence-electron chi connectivity index (χ4n) is 2.36. The van der Waals surface area contributed by atoms with Crippen molar-refractivity contribution in [3.63, 3.8) is 0 Å². The number of benzene rings is 1. The Morgan fingerprint density at radius 1 is 1.15 bits per heavy atom. The van der Waals surface area contributed by atoms with Crippen LogP contribution in [0.4, 0.5) is 0 Å². The molecule has 0 spiro atoms. The highest BCUT2D eigenvalue weighted by Crippen LogP contribution is 2.34. The fourth-order valence-corrected chi connectivity index (χ4v) is 2.36. The van der Waals surface area contributed by atoms with E-state index >= 15 is 0 Å². The minimum atomic E-state index is 0.158. The average molecular weight is 175 g/mol. The molecule has 0 radical (unpaired) electrons. The van der Waals surface area contributed by atoms with Crippen molar-refractivity contribution < 1.29 is 0 Å². The summed E-state index contributed by atoms with van der Waals surface area (Å²) in [6, 6.07) is 4.44. The highest BCUT2D eigenvalue weighted by Gasteiger charge is 2.31. The third-order valence-corrected chi connectivity index (χ3v) is 3.09. The number of fused-ring (bicyclic) bond motifs is 1. The summed E-state index contributed by atoms with van der Waals surface area (Å²) in [6.07, 6.45) is 0. The van der Waals surface area contributed by atoms with Gasteiger partial charge < -0.3 is 5.32 Å². The van der Waals surface area contributed by atoms with Crippen LogP contribution in [0.2, 0.25) is 0 Å². The maximum atomic E-state index is 3.54. The molecule has 0 fully saturated rings. The van der Waals surface area contributed by atoms with Crippen molar-refractivity contribution in [2.45, 2.75) is 39.8 Å². The van der Waals surface area contributed by atoms with Crippen LogP contribution < -0.4 is 5.32 Å². The molecular weight excluding hydrogens is 158 g/mol. The SMILES string of the molecule is Cc1ccc(C)c2c1CNC2(C)C. The lowest BCUT2D eigenvalue weighted by molar-refractivity contribution is 0.441. The molecule has 0 amide bonds. The number of hydrogen-bond acceptors (Lipinski definition) is 1. The Morgan fingerprint density at radius 3 is 2.38 bits per heavy atom. The van der Waals surface area contributed by atoms with Gasteiger partial charge in [-0.3, -0.25) is 0 Å². The van der Waals surface area contributed by atoms with Gasteiger partial charge in [0.2, 0.25) is 0 Å². The monoisotopic (exact) mass is 175 g/mol. The van der Waals surface area contributed by atoms with Crippen LogP contribution >= 0.6 is 0 Å². The van der Waals surface area contributed by atoms with Crippen LogP contribution in [-0.4, -0.2) is 0 Å². The fraction of sp³-hybridized carbons (Fsp3) is 0.500. The standard InChI is InChI=1S/C12H17N/c1-8-5-6-9(2)11-10(8)7-13-12(11,3)4/h5-6,13H,7H2,1-4H3. The summed E-state index contributed by atoms with van der Waals surface area (Å²) < 4.78 is 0. The molecule has 1 aliphatic rings. The Bertz CT molecular complexity index is 350. The van der Waals surface area contributed by atoms with Gasteiger partial charge in [-0.25, -0.2) is 0 Å². The first-order chi connectivity index (χ1) is 6.02. The quantitative estimate of drug-likeness (QED) is 0.639. The lowest BCUT2D eigenvalue weighted by Gasteiger charge is -2.22. The zero-order chi connectivity index (χ0) is 9.64. The molecule has 0 saturated heterocycles. The molecular formula is C12H17N. The van der Waals surface area contributed by atoms with Crippen molar-refractivity contribution in [3.8, 4) is 0 Å². The normalized spacial score (nSPS) is 18.8. The molecule has 1 nitrogen and oxygen atoms in total. The molecule has 1 heteroatoms. The van der Waals surface area contributed by atoms with Gasteiger partial charge in [-0.2, -0.15) is 0 Å². The molecule has 0 saturated carbocycles. The number of nitrogens with one attached hydrogen (secondary N) is 1. The molecule has 1 aliphatic heterocycles. The van der Waals surface area contributed by atoms with Gasteiger partial charge in [-0.15, -0.1) is 0 Å². The highest BCUT2D eigenvalue weighted by molar-refractivity contribution is 5.46. The molecule has 2 rings (SSSR count). The van der Waals surface area contributed by atoms with E-state index < -0.39 is 0 Å². The van der Waals surface area contributed by atoms with E-state index in [2.05, 4.69) is 45.1 Å². The Morgan fingerprint density at radius 2 is 1.77 bits per heavy atom. The molecule has 0 aliphatic carbocycles. The van der Waals surface area contributed by atoms with Crippen molar-refractivity contribution in [2.75, 3.05) is 0 Å². The molecule has 1 aromatic carbocycles. The first-order valence-corrected chi connectivity index (χ1v) is 4.87. The third kappa shape index (κ3) is 1.19. The van der Waals surface area contributed by atoms with E-state index in [9.17, 15) is 0 Å². The predicted molar refractivity (Wildman–Crippen MR) is 55.8 cm³/mol. The summed E-state index contributed by atoms with van der Waals surface area (Å²) in [5, 5.41) is 3.54. The average Bonchev–Trinajstić information content (AvgIpc) is 2.36. The van der Waals surface area contributed by atoms with Crippen molar-refractivity contribution in [1.82, 2.24) is 5.32 Å². The first-order valence-electron chi connectivity index (χ1n) is 4.87. The third-order valence-electron chi connectivity index (χ3n) is 3.09. The maximum Gasteiger partial charge on any atom is 0.0386 e. The zero-order valence-electron chi connectivity index (χ0n) is 8.86. The Balaban J connectivity index is 2.70. The molecule has 0 atom stereocenters. The maximum absolute atomic E-state index is 3.54. The van der Waals surface area contributed by atoms with E-state index in [0.717, 1.165) is 6.54 Å². The molecule has 0 unspecified atom stereocenters. The molecule has 1 heterocycles. The van der Waals surface area contributed by atoms with Gasteiger partial charge in [0.05, 0.1) is 0 Å². The topological polar surface area (TPSA) is 12.0 Å². The summed E-state index contributed by atoms with van der Waals surface area (Å²) in [5.74, 6) is 0. The van der Waals surface area contributed by atoms with Crippen LogP contribution in [0.25, 0.3) is 0 Å². The summed E-state index contributed by atoms with van der Waals surface area (Å²) in [4.78, 5) is 0. The Hall–Kier alpha value is -0.820. The van der Waals surface area contributed by atoms with Gasteiger partial charge in [0.15, 0.2) is 0 Å². The van der Waals surface area contributed by atoms with Gasteiger partial charge in [0.1, 0.15) is 0 Å². The van der Waals surface area contributed by atoms with Gasteiger partial charge >= 0.3 is 0 Å². The van der Waals surface area contributed by atoms with Crippen LogP contribution in [0.15, 0.2) is 12.1 Å². The number of rotatable bonds is 0. The second-order valence-corrected chi connectivity index (χ2v) is 4.53. The van der Waals surface area contributed by atoms with Gasteiger partial charge in [0.25, 0.3) is 0 Å². The molecule has 0 bridgehead atoms. The van der Waals surface area contributed by atoms with Crippen LogP contribution in [-0.2, 0) is 12.1 Å². The minimum Gasteiger partial charge on any atom is -0.304 e. The van der Waals surface area contributed by atoms with E-state index in [1.54, 1.807) is 0 Å². The van der Waals surface area contributed by atoms with Crippen LogP contribution in [0.1, 0.15) is 36.1 Å². The van der Waals surface area contributed by atoms with Crippen molar-refractivity contribution in [3.05, 3.63) is 34.4 Å². The van der Waals surface area contributed by atoms with E-state index in [4.69, 9.17) is 0 Å². The number of aryl methyl sites for hydroxylation is 2. The molecule has 1 aromatic rings. The molecule has 13 heavy (non-hydrogen) atoms. The molecule has 0 aromatic heterocycles. The minimum absolute atomic E-state index is 0.158. The van der Waals surface area contributed by atoms with Crippen molar-refractivity contribution in [1.29, 1.82) is 0 Å². The summed E-state index contributed by atoms with van der Waals surface area (Å²) >= 11 is 0. The van der Waals surface area contributed by atoms with E-state index in [-0.39, 0.29) is 5.54 Å². The predicted octanol–water partition coefficient (Wildman–Crippen LogP) is 2.64. The van der Waals surface area contributed by atoms with Crippen LogP contribution in [0.5, 0.6) is 0 Å². The summed E-state index contributed by atoms with van der Waals surface area (Å²) in [7, 11) is 0. The van der Waals surface area contributed by atoms with E-state index in [0.29, 0.717) is 0 Å². The smallest absolute Gasteiger partial charge is 0.0386 e. The molecule has 1 N–H and O–H groups in total. The Kier molecular flexibility index (Phi) is 1.74. The first kappa shape index (κ1) is 8.76. The molecule has 70 valence electrons. The van der Waals surface area contributed by atoms with Crippen molar-refractivity contribution in [2.24, 2.45) is 0 Å². The van der Waals surface area contributed by atoms with Gasteiger partial charge in [-0.05, 0) is 49.9 Å². The van der Waals surface area contributed by atoms with Crippen molar-refractivity contribution >= 4 is 0 Å². The lowest BCUT2D eigenvalue weighted by atomic mass is 9.89. The largest absolute Gasteiger partial charge is 0.304 e. The second-order valence-electron chi connectivity index (χ2n) is 4.53. The zero-order valence-corrected chi connectivity index (χ0v) is 8.86. The van der Waals surface area contributed by atoms with Crippen LogP contribution in [0.3, 0.4) is 0 Å². The second kappa shape index (κ2) is 2.58. The lowest BCUT2D eigenvalue weighted by Crippen LogP contribution is -2.29. The van der Waals surface area contributed by atoms with E-state index in [1.807, 2.05) is 0 Å². The van der Waals surface area contributed by atoms with E-state index in [1.165, 1.54) is 22.3 Å². The van der Waals surface area contributed by atoms with Gasteiger partial charge in [-0.1, -0.05) is 12.1 Å².